The van der Waals surface area contributed by atoms with Crippen LogP contribution in [0.3, 0.4) is 0 Å². The van der Waals surface area contributed by atoms with Gasteiger partial charge >= 0.3 is 6.18 Å². The monoisotopic (exact) mass is 313 g/mol. The highest BCUT2D eigenvalue weighted by atomic mass is 35.5. The van der Waals surface area contributed by atoms with Crippen molar-refractivity contribution in [1.82, 2.24) is 4.98 Å². The highest BCUT2D eigenvalue weighted by Gasteiger charge is 2.30. The number of aromatic nitrogens is 1. The van der Waals surface area contributed by atoms with E-state index in [9.17, 15) is 13.2 Å². The third-order valence-electron chi connectivity index (χ3n) is 2.69. The van der Waals surface area contributed by atoms with Gasteiger partial charge in [0.15, 0.2) is 0 Å². The fraction of sp³-hybridized carbons (Fsp3) is 0.143. The molecule has 1 heterocycles. The van der Waals surface area contributed by atoms with Crippen LogP contribution in [0, 0.1) is 0 Å². The lowest BCUT2D eigenvalue weighted by Crippen LogP contribution is -2.06. The molecule has 3 nitrogen and oxygen atoms in total. The molecule has 0 radical (unpaired) electrons. The number of hydrazone groups is 1. The molecule has 0 saturated heterocycles. The van der Waals surface area contributed by atoms with Gasteiger partial charge in [0.1, 0.15) is 5.82 Å². The largest absolute Gasteiger partial charge is 0.417 e. The molecule has 0 aliphatic carbocycles. The van der Waals surface area contributed by atoms with Crippen molar-refractivity contribution in [2.75, 3.05) is 5.43 Å². The Morgan fingerprint density at radius 3 is 2.48 bits per heavy atom. The number of hydrogen-bond donors (Lipinski definition) is 1. The van der Waals surface area contributed by atoms with E-state index >= 15 is 0 Å². The molecule has 0 atom stereocenters. The van der Waals surface area contributed by atoms with Crippen molar-refractivity contribution in [3.63, 3.8) is 0 Å². The fourth-order valence-corrected chi connectivity index (χ4v) is 1.86. The van der Waals surface area contributed by atoms with E-state index in [-0.39, 0.29) is 5.82 Å². The van der Waals surface area contributed by atoms with E-state index in [0.29, 0.717) is 10.7 Å². The molecule has 0 fully saturated rings. The van der Waals surface area contributed by atoms with Gasteiger partial charge in [-0.15, -0.1) is 0 Å². The number of nitrogens with one attached hydrogen (secondary N) is 1. The summed E-state index contributed by atoms with van der Waals surface area (Å²) in [6.07, 6.45) is -3.65. The van der Waals surface area contributed by atoms with Gasteiger partial charge in [-0.3, -0.25) is 5.43 Å². The first-order valence-corrected chi connectivity index (χ1v) is 6.34. The molecule has 0 saturated carbocycles. The second-order valence-corrected chi connectivity index (χ2v) is 4.63. The van der Waals surface area contributed by atoms with Crippen molar-refractivity contribution in [2.24, 2.45) is 5.10 Å². The molecule has 0 bridgehead atoms. The number of benzene rings is 1. The van der Waals surface area contributed by atoms with E-state index in [1.165, 1.54) is 6.07 Å². The smallest absolute Gasteiger partial charge is 0.261 e. The Morgan fingerprint density at radius 2 is 1.90 bits per heavy atom. The van der Waals surface area contributed by atoms with Gasteiger partial charge in [-0.2, -0.15) is 18.3 Å². The predicted octanol–water partition coefficient (Wildman–Crippen LogP) is 4.59. The van der Waals surface area contributed by atoms with Crippen LogP contribution in [-0.2, 0) is 6.18 Å². The van der Waals surface area contributed by atoms with Crippen LogP contribution in [0.2, 0.25) is 5.02 Å². The van der Waals surface area contributed by atoms with Gasteiger partial charge in [-0.05, 0) is 25.1 Å². The first-order valence-electron chi connectivity index (χ1n) is 5.96. The lowest BCUT2D eigenvalue weighted by Gasteiger charge is -2.07. The average Bonchev–Trinajstić information content (AvgIpc) is 2.45. The SMILES string of the molecule is C/C(=N/Nc1ccc(C(F)(F)F)cn1)c1ccccc1Cl. The van der Waals surface area contributed by atoms with Crippen LogP contribution in [-0.4, -0.2) is 10.7 Å². The van der Waals surface area contributed by atoms with Crippen molar-refractivity contribution in [2.45, 2.75) is 13.1 Å². The van der Waals surface area contributed by atoms with Crippen LogP contribution in [0.5, 0.6) is 0 Å². The number of alkyl halides is 3. The highest BCUT2D eigenvalue weighted by molar-refractivity contribution is 6.34. The molecule has 0 amide bonds. The van der Waals surface area contributed by atoms with E-state index in [4.69, 9.17) is 11.6 Å². The van der Waals surface area contributed by atoms with Crippen LogP contribution in [0.25, 0.3) is 0 Å². The molecular formula is C14H11ClF3N3. The maximum absolute atomic E-state index is 12.4. The van der Waals surface area contributed by atoms with E-state index in [0.717, 1.165) is 17.8 Å². The molecule has 0 aliphatic heterocycles. The third kappa shape index (κ3) is 3.95. The maximum atomic E-state index is 12.4. The first-order chi connectivity index (χ1) is 9.88. The van der Waals surface area contributed by atoms with Crippen LogP contribution in [0.15, 0.2) is 47.7 Å². The molecule has 2 rings (SSSR count). The Morgan fingerprint density at radius 1 is 1.19 bits per heavy atom. The van der Waals surface area contributed by atoms with Crippen LogP contribution in [0.4, 0.5) is 19.0 Å². The second-order valence-electron chi connectivity index (χ2n) is 4.22. The van der Waals surface area contributed by atoms with Gasteiger partial charge < -0.3 is 0 Å². The lowest BCUT2D eigenvalue weighted by molar-refractivity contribution is -0.137. The molecule has 21 heavy (non-hydrogen) atoms. The van der Waals surface area contributed by atoms with Crippen LogP contribution >= 0.6 is 11.6 Å². The standard InChI is InChI=1S/C14H11ClF3N3/c1-9(11-4-2-3-5-12(11)15)20-21-13-7-6-10(8-19-13)14(16,17)18/h2-8H,1H3,(H,19,21)/b20-9-. The van der Waals surface area contributed by atoms with Crippen LogP contribution < -0.4 is 5.43 Å². The number of rotatable bonds is 3. The van der Waals surface area contributed by atoms with Gasteiger partial charge in [0.25, 0.3) is 0 Å². The maximum Gasteiger partial charge on any atom is 0.417 e. The summed E-state index contributed by atoms with van der Waals surface area (Å²) < 4.78 is 37.2. The third-order valence-corrected chi connectivity index (χ3v) is 3.02. The average molecular weight is 314 g/mol. The molecule has 110 valence electrons. The van der Waals surface area contributed by atoms with E-state index in [2.05, 4.69) is 15.5 Å². The number of hydrogen-bond acceptors (Lipinski definition) is 3. The van der Waals surface area contributed by atoms with Gasteiger partial charge in [0.05, 0.1) is 11.3 Å². The van der Waals surface area contributed by atoms with Gasteiger partial charge in [0.2, 0.25) is 0 Å². The highest BCUT2D eigenvalue weighted by Crippen LogP contribution is 2.28. The lowest BCUT2D eigenvalue weighted by atomic mass is 10.1. The number of halogens is 4. The van der Waals surface area contributed by atoms with E-state index in [1.54, 1.807) is 25.1 Å². The van der Waals surface area contributed by atoms with Crippen molar-refractivity contribution in [3.05, 3.63) is 58.7 Å². The molecule has 0 aliphatic rings. The Balaban J connectivity index is 2.12. The fourth-order valence-electron chi connectivity index (χ4n) is 1.58. The normalized spacial score (nSPS) is 12.3. The second kappa shape index (κ2) is 6.13. The summed E-state index contributed by atoms with van der Waals surface area (Å²) in [7, 11) is 0. The molecule has 0 unspecified atom stereocenters. The first kappa shape index (κ1) is 15.3. The molecule has 1 aromatic carbocycles. The minimum Gasteiger partial charge on any atom is -0.261 e. The van der Waals surface area contributed by atoms with Crippen molar-refractivity contribution >= 4 is 23.1 Å². The summed E-state index contributed by atoms with van der Waals surface area (Å²) in [5, 5.41) is 4.60. The predicted molar refractivity (Wildman–Crippen MR) is 76.5 cm³/mol. The summed E-state index contributed by atoms with van der Waals surface area (Å²) in [5.74, 6) is 0.217. The molecule has 1 aromatic heterocycles. The Labute approximate surface area is 124 Å². The van der Waals surface area contributed by atoms with Crippen LogP contribution in [0.1, 0.15) is 18.1 Å². The molecule has 1 N–H and O–H groups in total. The quantitative estimate of drug-likeness (QED) is 0.664. The zero-order valence-electron chi connectivity index (χ0n) is 10.9. The summed E-state index contributed by atoms with van der Waals surface area (Å²) >= 11 is 6.02. The minimum absolute atomic E-state index is 0.217. The molecule has 2 aromatic rings. The van der Waals surface area contributed by atoms with Crippen molar-refractivity contribution in [1.29, 1.82) is 0 Å². The number of anilines is 1. The number of pyridine rings is 1. The molecule has 7 heteroatoms. The zero-order chi connectivity index (χ0) is 15.5. The Hall–Kier alpha value is -2.08. The zero-order valence-corrected chi connectivity index (χ0v) is 11.7. The van der Waals surface area contributed by atoms with E-state index in [1.807, 2.05) is 6.07 Å². The molecule has 0 spiro atoms. The summed E-state index contributed by atoms with van der Waals surface area (Å²) in [6.45, 7) is 1.73. The van der Waals surface area contributed by atoms with Crippen molar-refractivity contribution < 1.29 is 13.2 Å². The van der Waals surface area contributed by atoms with Gasteiger partial charge in [-0.1, -0.05) is 29.8 Å². The Bertz CT molecular complexity index is 651. The van der Waals surface area contributed by atoms with E-state index < -0.39 is 11.7 Å². The number of nitrogens with zero attached hydrogens (tertiary/aromatic N) is 2. The van der Waals surface area contributed by atoms with Gasteiger partial charge in [0, 0.05) is 16.8 Å². The Kier molecular flexibility index (Phi) is 4.47. The summed E-state index contributed by atoms with van der Waals surface area (Å²) in [4.78, 5) is 3.66. The summed E-state index contributed by atoms with van der Waals surface area (Å²) in [5.41, 5.74) is 3.13. The summed E-state index contributed by atoms with van der Waals surface area (Å²) in [6, 6.07) is 9.29. The molecular weight excluding hydrogens is 303 g/mol. The topological polar surface area (TPSA) is 37.3 Å². The van der Waals surface area contributed by atoms with Gasteiger partial charge in [-0.25, -0.2) is 4.98 Å². The minimum atomic E-state index is -4.40. The van der Waals surface area contributed by atoms with Crippen molar-refractivity contribution in [3.8, 4) is 0 Å².